The van der Waals surface area contributed by atoms with Gasteiger partial charge in [0.2, 0.25) is 11.8 Å². The van der Waals surface area contributed by atoms with Crippen molar-refractivity contribution in [3.63, 3.8) is 0 Å². The SMILES string of the molecule is CC(=O)Nc1ccc(NC(=O)C(C)n2cnc3sc(C)c(-c4ccccc4)c3c2=O)cc1. The van der Waals surface area contributed by atoms with Crippen LogP contribution in [0.2, 0.25) is 0 Å². The van der Waals surface area contributed by atoms with Crippen LogP contribution in [0.3, 0.4) is 0 Å². The van der Waals surface area contributed by atoms with Crippen molar-refractivity contribution in [2.45, 2.75) is 26.8 Å². The standard InChI is InChI=1S/C24H22N4O3S/c1-14(22(30)27-19-11-9-18(10-12-19)26-16(3)29)28-13-25-23-21(24(28)31)20(15(2)32-23)17-7-5-4-6-8-17/h4-14H,1-3H3,(H,26,29)(H,27,30). The van der Waals surface area contributed by atoms with Crippen molar-refractivity contribution < 1.29 is 9.59 Å². The quantitative estimate of drug-likeness (QED) is 0.469. The van der Waals surface area contributed by atoms with Gasteiger partial charge in [0.1, 0.15) is 10.9 Å². The van der Waals surface area contributed by atoms with Gasteiger partial charge >= 0.3 is 0 Å². The average Bonchev–Trinajstić information content (AvgIpc) is 3.12. The summed E-state index contributed by atoms with van der Waals surface area (Å²) in [4.78, 5) is 43.5. The summed E-state index contributed by atoms with van der Waals surface area (Å²) in [6, 6.07) is 15.7. The number of carbonyl (C=O) groups excluding carboxylic acids is 2. The molecule has 0 radical (unpaired) electrons. The number of aromatic nitrogens is 2. The van der Waals surface area contributed by atoms with Crippen molar-refractivity contribution in [2.75, 3.05) is 10.6 Å². The Labute approximate surface area is 188 Å². The Balaban J connectivity index is 1.64. The largest absolute Gasteiger partial charge is 0.326 e. The van der Waals surface area contributed by atoms with Crippen LogP contribution in [0.25, 0.3) is 21.3 Å². The van der Waals surface area contributed by atoms with Crippen LogP contribution in [0.5, 0.6) is 0 Å². The molecule has 0 aliphatic carbocycles. The Hall–Kier alpha value is -3.78. The fourth-order valence-electron chi connectivity index (χ4n) is 3.56. The van der Waals surface area contributed by atoms with E-state index in [0.29, 0.717) is 21.6 Å². The Bertz CT molecular complexity index is 1360. The van der Waals surface area contributed by atoms with Crippen molar-refractivity contribution >= 4 is 44.7 Å². The summed E-state index contributed by atoms with van der Waals surface area (Å²) in [5.74, 6) is -0.509. The van der Waals surface area contributed by atoms with Gasteiger partial charge in [-0.25, -0.2) is 4.98 Å². The topological polar surface area (TPSA) is 93.1 Å². The number of amides is 2. The van der Waals surface area contributed by atoms with Gasteiger partial charge in [0.05, 0.1) is 11.7 Å². The summed E-state index contributed by atoms with van der Waals surface area (Å²) < 4.78 is 1.36. The fourth-order valence-corrected chi connectivity index (χ4v) is 4.56. The summed E-state index contributed by atoms with van der Waals surface area (Å²) in [5, 5.41) is 6.01. The maximum absolute atomic E-state index is 13.4. The Morgan fingerprint density at radius 3 is 2.25 bits per heavy atom. The molecule has 4 rings (SSSR count). The molecule has 0 aliphatic heterocycles. The van der Waals surface area contributed by atoms with Gasteiger partial charge < -0.3 is 10.6 Å². The van der Waals surface area contributed by atoms with Crippen molar-refractivity contribution in [3.8, 4) is 11.1 Å². The van der Waals surface area contributed by atoms with Crippen molar-refractivity contribution in [2.24, 2.45) is 0 Å². The normalized spacial score (nSPS) is 11.8. The highest BCUT2D eigenvalue weighted by molar-refractivity contribution is 7.19. The van der Waals surface area contributed by atoms with Crippen LogP contribution >= 0.6 is 11.3 Å². The van der Waals surface area contributed by atoms with E-state index >= 15 is 0 Å². The van der Waals surface area contributed by atoms with E-state index in [2.05, 4.69) is 15.6 Å². The van der Waals surface area contributed by atoms with E-state index < -0.39 is 6.04 Å². The van der Waals surface area contributed by atoms with Gasteiger partial charge in [-0.05, 0) is 43.7 Å². The summed E-state index contributed by atoms with van der Waals surface area (Å²) in [6.45, 7) is 5.06. The predicted molar refractivity (Wildman–Crippen MR) is 128 cm³/mol. The molecule has 162 valence electrons. The Kier molecular flexibility index (Phi) is 5.87. The third-order valence-electron chi connectivity index (χ3n) is 5.15. The summed E-state index contributed by atoms with van der Waals surface area (Å²) in [6.07, 6.45) is 1.43. The first-order valence-electron chi connectivity index (χ1n) is 10.1. The minimum absolute atomic E-state index is 0.170. The summed E-state index contributed by atoms with van der Waals surface area (Å²) >= 11 is 1.47. The minimum atomic E-state index is -0.766. The first-order chi connectivity index (χ1) is 15.3. The third kappa shape index (κ3) is 4.17. The molecular formula is C24H22N4O3S. The van der Waals surface area contributed by atoms with Gasteiger partial charge in [0.15, 0.2) is 0 Å². The third-order valence-corrected chi connectivity index (χ3v) is 6.16. The average molecular weight is 447 g/mol. The van der Waals surface area contributed by atoms with E-state index in [0.717, 1.165) is 16.0 Å². The highest BCUT2D eigenvalue weighted by Gasteiger charge is 2.22. The molecule has 0 saturated carbocycles. The number of anilines is 2. The van der Waals surface area contributed by atoms with Gasteiger partial charge in [-0.1, -0.05) is 30.3 Å². The molecule has 1 unspecified atom stereocenters. The van der Waals surface area contributed by atoms with E-state index in [1.54, 1.807) is 31.2 Å². The van der Waals surface area contributed by atoms with Gasteiger partial charge in [0.25, 0.3) is 5.56 Å². The number of fused-ring (bicyclic) bond motifs is 1. The number of rotatable bonds is 5. The monoisotopic (exact) mass is 446 g/mol. The second-order valence-corrected chi connectivity index (χ2v) is 8.66. The molecule has 2 aromatic heterocycles. The Morgan fingerprint density at radius 1 is 1.00 bits per heavy atom. The van der Waals surface area contributed by atoms with E-state index in [4.69, 9.17) is 0 Å². The molecular weight excluding hydrogens is 424 g/mol. The molecule has 2 aromatic carbocycles. The molecule has 0 saturated heterocycles. The van der Waals surface area contributed by atoms with Crippen LogP contribution in [0.15, 0.2) is 65.7 Å². The highest BCUT2D eigenvalue weighted by Crippen LogP contribution is 2.35. The molecule has 32 heavy (non-hydrogen) atoms. The molecule has 0 bridgehead atoms. The van der Waals surface area contributed by atoms with Gasteiger partial charge in [-0.2, -0.15) is 0 Å². The lowest BCUT2D eigenvalue weighted by molar-refractivity contribution is -0.119. The van der Waals surface area contributed by atoms with Crippen LogP contribution in [-0.4, -0.2) is 21.4 Å². The number of carbonyl (C=O) groups is 2. The van der Waals surface area contributed by atoms with Gasteiger partial charge in [-0.3, -0.25) is 19.0 Å². The number of benzene rings is 2. The lowest BCUT2D eigenvalue weighted by Crippen LogP contribution is -2.31. The second kappa shape index (κ2) is 8.76. The lowest BCUT2D eigenvalue weighted by atomic mass is 10.0. The molecule has 2 amide bonds. The van der Waals surface area contributed by atoms with Crippen LogP contribution in [0.1, 0.15) is 24.8 Å². The first-order valence-corrected chi connectivity index (χ1v) is 10.9. The molecule has 4 aromatic rings. The maximum Gasteiger partial charge on any atom is 0.263 e. The zero-order valence-corrected chi connectivity index (χ0v) is 18.7. The number of nitrogens with one attached hydrogen (secondary N) is 2. The van der Waals surface area contributed by atoms with E-state index in [-0.39, 0.29) is 17.4 Å². The molecule has 0 aliphatic rings. The number of nitrogens with zero attached hydrogens (tertiary/aromatic N) is 2. The second-order valence-electron chi connectivity index (χ2n) is 7.46. The van der Waals surface area contributed by atoms with E-state index in [1.165, 1.54) is 29.2 Å². The van der Waals surface area contributed by atoms with Crippen LogP contribution in [0, 0.1) is 6.92 Å². The molecule has 0 fully saturated rings. The highest BCUT2D eigenvalue weighted by atomic mass is 32.1. The smallest absolute Gasteiger partial charge is 0.263 e. The molecule has 0 spiro atoms. The Morgan fingerprint density at radius 2 is 1.62 bits per heavy atom. The summed E-state index contributed by atoms with van der Waals surface area (Å²) in [5.41, 5.74) is 2.76. The zero-order chi connectivity index (χ0) is 22.8. The fraction of sp³-hybridized carbons (Fsp3) is 0.167. The van der Waals surface area contributed by atoms with E-state index in [9.17, 15) is 14.4 Å². The van der Waals surface area contributed by atoms with Gasteiger partial charge in [-0.15, -0.1) is 11.3 Å². The minimum Gasteiger partial charge on any atom is -0.326 e. The van der Waals surface area contributed by atoms with Crippen LogP contribution < -0.4 is 16.2 Å². The predicted octanol–water partition coefficient (Wildman–Crippen LogP) is 4.59. The molecule has 7 nitrogen and oxygen atoms in total. The summed E-state index contributed by atoms with van der Waals surface area (Å²) in [7, 11) is 0. The van der Waals surface area contributed by atoms with Crippen molar-refractivity contribution in [1.82, 2.24) is 9.55 Å². The van der Waals surface area contributed by atoms with Crippen molar-refractivity contribution in [1.29, 1.82) is 0 Å². The number of aryl methyl sites for hydroxylation is 1. The number of hydrogen-bond donors (Lipinski definition) is 2. The van der Waals surface area contributed by atoms with Crippen molar-refractivity contribution in [3.05, 3.63) is 76.2 Å². The molecule has 8 heteroatoms. The zero-order valence-electron chi connectivity index (χ0n) is 17.9. The maximum atomic E-state index is 13.4. The molecule has 1 atom stereocenters. The molecule has 2 N–H and O–H groups in total. The number of hydrogen-bond acceptors (Lipinski definition) is 5. The van der Waals surface area contributed by atoms with E-state index in [1.807, 2.05) is 37.3 Å². The number of thiophene rings is 1. The van der Waals surface area contributed by atoms with Crippen LogP contribution in [0.4, 0.5) is 11.4 Å². The van der Waals surface area contributed by atoms with Crippen LogP contribution in [-0.2, 0) is 9.59 Å². The lowest BCUT2D eigenvalue weighted by Gasteiger charge is -2.15. The molecule has 2 heterocycles. The first kappa shape index (κ1) is 21.5. The van der Waals surface area contributed by atoms with Gasteiger partial charge in [0, 0.05) is 28.7 Å².